The number of Topliss-reactive ketones (excluding diaryl/α,β-unsaturated/α-hetero) is 1. The number of amides is 1. The number of aliphatic hydroxyl groups is 2. The quantitative estimate of drug-likeness (QED) is 0.264. The van der Waals surface area contributed by atoms with Gasteiger partial charge in [0, 0.05) is 23.9 Å². The smallest absolute Gasteiger partial charge is 0.252 e. The number of allylic oxidation sites excluding steroid dienone is 1. The first kappa shape index (κ1) is 31.1. The van der Waals surface area contributed by atoms with Crippen molar-refractivity contribution in [3.05, 3.63) is 88.8 Å². The molecule has 46 heavy (non-hydrogen) atoms. The fraction of sp³-hybridized carbons (Fsp3) is 0.513. The maximum Gasteiger partial charge on any atom is 0.252 e. The molecule has 4 unspecified atom stereocenters. The minimum absolute atomic E-state index is 0.0497. The molecule has 7 heteroatoms. The molecule has 0 radical (unpaired) electrons. The standard InChI is InChI=1S/C39H47N3O4/c1-4-19-40-36(45)39(46)18-17-31-30-15-14-28-21-32-27(22-37(28,2)35(30)34(44)23-38(31,39)3)24-41-42(32)29-12-8-11-26(20-29)33(43)16-13-25-9-6-5-7-10-25/h5-12,20-21,24,30-31,34-35,44,46H,4,13-19,22-23H2,1-3H3,(H,40,45)/t30?,31?,34?,35?,37-,38-,39-/m0/s1. The van der Waals surface area contributed by atoms with Crippen molar-refractivity contribution in [2.45, 2.75) is 90.3 Å². The Morgan fingerprint density at radius 3 is 2.67 bits per heavy atom. The molecular weight excluding hydrogens is 574 g/mol. The lowest BCUT2D eigenvalue weighted by Crippen LogP contribution is -2.63. The van der Waals surface area contributed by atoms with Crippen LogP contribution in [-0.4, -0.2) is 49.9 Å². The first-order chi connectivity index (χ1) is 22.1. The molecule has 3 fully saturated rings. The Labute approximate surface area is 272 Å². The van der Waals surface area contributed by atoms with E-state index in [0.717, 1.165) is 54.6 Å². The summed E-state index contributed by atoms with van der Waals surface area (Å²) in [6, 6.07) is 17.9. The van der Waals surface area contributed by atoms with Crippen LogP contribution >= 0.6 is 0 Å². The van der Waals surface area contributed by atoms with Crippen LogP contribution in [0.4, 0.5) is 0 Å². The van der Waals surface area contributed by atoms with Crippen LogP contribution in [0.25, 0.3) is 11.8 Å². The first-order valence-corrected chi connectivity index (χ1v) is 17.2. The summed E-state index contributed by atoms with van der Waals surface area (Å²) in [5.41, 5.74) is 3.94. The average molecular weight is 622 g/mol. The zero-order valence-corrected chi connectivity index (χ0v) is 27.3. The van der Waals surface area contributed by atoms with E-state index in [9.17, 15) is 19.8 Å². The Kier molecular flexibility index (Phi) is 7.84. The van der Waals surface area contributed by atoms with Gasteiger partial charge in [-0.1, -0.05) is 68.8 Å². The molecule has 242 valence electrons. The van der Waals surface area contributed by atoms with Crippen LogP contribution in [0.1, 0.15) is 92.9 Å². The summed E-state index contributed by atoms with van der Waals surface area (Å²) in [5.74, 6) is 0.316. The van der Waals surface area contributed by atoms with E-state index >= 15 is 0 Å². The first-order valence-electron chi connectivity index (χ1n) is 17.2. The topological polar surface area (TPSA) is 104 Å². The second-order valence-corrected chi connectivity index (χ2v) is 14.9. The van der Waals surface area contributed by atoms with Crippen molar-refractivity contribution in [3.63, 3.8) is 0 Å². The van der Waals surface area contributed by atoms with Gasteiger partial charge in [0.2, 0.25) is 0 Å². The number of rotatable bonds is 8. The molecule has 3 N–H and O–H groups in total. The summed E-state index contributed by atoms with van der Waals surface area (Å²) in [6.45, 7) is 6.92. The fourth-order valence-corrected chi connectivity index (χ4v) is 10.0. The molecule has 3 saturated carbocycles. The van der Waals surface area contributed by atoms with Crippen LogP contribution in [0.15, 0.2) is 66.4 Å². The summed E-state index contributed by atoms with van der Waals surface area (Å²) in [4.78, 5) is 26.4. The van der Waals surface area contributed by atoms with Gasteiger partial charge >= 0.3 is 0 Å². The molecule has 0 bridgehead atoms. The van der Waals surface area contributed by atoms with Crippen molar-refractivity contribution in [2.75, 3.05) is 6.54 Å². The van der Waals surface area contributed by atoms with Crippen molar-refractivity contribution in [1.82, 2.24) is 15.1 Å². The SMILES string of the molecule is CCCNC(=O)[C@@]1(O)CCC2C3CCC4=Cc5c(cnn5-c5cccc(C(=O)CCc6ccccc6)c5)C[C@]4(C)C3C(O)C[C@@]21C. The molecule has 4 aliphatic rings. The Hall–Kier alpha value is -3.55. The third-order valence-corrected chi connectivity index (χ3v) is 12.4. The highest BCUT2D eigenvalue weighted by Crippen LogP contribution is 2.67. The van der Waals surface area contributed by atoms with Crippen molar-refractivity contribution in [2.24, 2.45) is 28.6 Å². The maximum absolute atomic E-state index is 13.3. The van der Waals surface area contributed by atoms with E-state index in [1.165, 1.54) is 5.57 Å². The van der Waals surface area contributed by atoms with E-state index in [-0.39, 0.29) is 34.9 Å². The summed E-state index contributed by atoms with van der Waals surface area (Å²) in [5, 5.41) is 31.6. The van der Waals surface area contributed by atoms with Gasteiger partial charge in [-0.15, -0.1) is 0 Å². The number of aryl methyl sites for hydroxylation is 1. The number of hydrogen-bond donors (Lipinski definition) is 3. The van der Waals surface area contributed by atoms with Gasteiger partial charge in [-0.2, -0.15) is 5.10 Å². The van der Waals surface area contributed by atoms with Crippen molar-refractivity contribution < 1.29 is 19.8 Å². The van der Waals surface area contributed by atoms with Gasteiger partial charge in [-0.3, -0.25) is 9.59 Å². The number of nitrogens with zero attached hydrogens (tertiary/aromatic N) is 2. The summed E-state index contributed by atoms with van der Waals surface area (Å²) in [6.07, 6.45) is 9.93. The molecule has 4 aliphatic carbocycles. The predicted molar refractivity (Wildman–Crippen MR) is 178 cm³/mol. The number of aromatic nitrogens is 2. The van der Waals surface area contributed by atoms with Gasteiger partial charge in [0.1, 0.15) is 5.60 Å². The van der Waals surface area contributed by atoms with Crippen LogP contribution < -0.4 is 5.32 Å². The van der Waals surface area contributed by atoms with Crippen molar-refractivity contribution in [3.8, 4) is 5.69 Å². The molecule has 2 aromatic carbocycles. The normalized spacial score (nSPS) is 32.8. The van der Waals surface area contributed by atoms with E-state index in [4.69, 9.17) is 5.10 Å². The van der Waals surface area contributed by atoms with Crippen molar-refractivity contribution >= 4 is 17.8 Å². The summed E-state index contributed by atoms with van der Waals surface area (Å²) in [7, 11) is 0. The second kappa shape index (κ2) is 11.6. The number of aliphatic hydroxyl groups excluding tert-OH is 1. The van der Waals surface area contributed by atoms with Gasteiger partial charge in [0.05, 0.1) is 23.7 Å². The highest BCUT2D eigenvalue weighted by atomic mass is 16.3. The monoisotopic (exact) mass is 621 g/mol. The van der Waals surface area contributed by atoms with Gasteiger partial charge in [-0.05, 0) is 104 Å². The van der Waals surface area contributed by atoms with E-state index < -0.39 is 17.1 Å². The molecule has 0 aliphatic heterocycles. The van der Waals surface area contributed by atoms with E-state index in [0.29, 0.717) is 37.8 Å². The van der Waals surface area contributed by atoms with Crippen LogP contribution in [0.5, 0.6) is 0 Å². The Balaban J connectivity index is 1.13. The van der Waals surface area contributed by atoms with Gasteiger partial charge in [-0.25, -0.2) is 4.68 Å². The van der Waals surface area contributed by atoms with Crippen molar-refractivity contribution in [1.29, 1.82) is 0 Å². The Morgan fingerprint density at radius 2 is 1.89 bits per heavy atom. The number of ketones is 1. The zero-order valence-electron chi connectivity index (χ0n) is 27.3. The third kappa shape index (κ3) is 4.81. The number of benzene rings is 2. The highest BCUT2D eigenvalue weighted by Gasteiger charge is 2.68. The molecule has 3 aromatic rings. The largest absolute Gasteiger partial charge is 0.393 e. The van der Waals surface area contributed by atoms with Gasteiger partial charge in [0.15, 0.2) is 5.78 Å². The van der Waals surface area contributed by atoms with Crippen LogP contribution in [0, 0.1) is 28.6 Å². The molecule has 7 rings (SSSR count). The van der Waals surface area contributed by atoms with E-state index in [1.807, 2.05) is 67.2 Å². The molecule has 1 aromatic heterocycles. The lowest BCUT2D eigenvalue weighted by Gasteiger charge is -2.60. The lowest BCUT2D eigenvalue weighted by atomic mass is 9.45. The molecule has 1 amide bonds. The molecule has 1 heterocycles. The summed E-state index contributed by atoms with van der Waals surface area (Å²) >= 11 is 0. The Morgan fingerprint density at radius 1 is 1.09 bits per heavy atom. The molecule has 0 saturated heterocycles. The summed E-state index contributed by atoms with van der Waals surface area (Å²) < 4.78 is 1.96. The molecule has 7 nitrogen and oxygen atoms in total. The van der Waals surface area contributed by atoms with Crippen LogP contribution in [0.2, 0.25) is 0 Å². The fourth-order valence-electron chi connectivity index (χ4n) is 10.0. The van der Waals surface area contributed by atoms with E-state index in [1.54, 1.807) is 0 Å². The predicted octanol–water partition coefficient (Wildman–Crippen LogP) is 6.10. The second-order valence-electron chi connectivity index (χ2n) is 14.9. The van der Waals surface area contributed by atoms with Gasteiger partial charge < -0.3 is 15.5 Å². The van der Waals surface area contributed by atoms with Gasteiger partial charge in [0.25, 0.3) is 5.91 Å². The zero-order chi connectivity index (χ0) is 32.3. The number of hydrogen-bond acceptors (Lipinski definition) is 5. The number of carbonyl (C=O) groups excluding carboxylic acids is 2. The molecular formula is C39H47N3O4. The highest BCUT2D eigenvalue weighted by molar-refractivity contribution is 5.96. The van der Waals surface area contributed by atoms with Crippen LogP contribution in [-0.2, 0) is 17.6 Å². The minimum atomic E-state index is -1.45. The maximum atomic E-state index is 13.3. The average Bonchev–Trinajstić information content (AvgIpc) is 3.58. The molecule has 0 spiro atoms. The minimum Gasteiger partial charge on any atom is -0.393 e. The lowest BCUT2D eigenvalue weighted by molar-refractivity contribution is -0.181. The number of fused-ring (bicyclic) bond motifs is 6. The Bertz CT molecular complexity index is 1680. The number of nitrogens with one attached hydrogen (secondary N) is 1. The third-order valence-electron chi connectivity index (χ3n) is 12.4. The number of carbonyl (C=O) groups is 2. The van der Waals surface area contributed by atoms with E-state index in [2.05, 4.69) is 30.4 Å². The van der Waals surface area contributed by atoms with Crippen LogP contribution in [0.3, 0.4) is 0 Å². The molecule has 7 atom stereocenters.